The van der Waals surface area contributed by atoms with Crippen molar-refractivity contribution in [1.29, 1.82) is 0 Å². The number of anilines is 1. The summed E-state index contributed by atoms with van der Waals surface area (Å²) in [7, 11) is 0. The van der Waals surface area contributed by atoms with Crippen LogP contribution in [0.1, 0.15) is 39.7 Å². The highest BCUT2D eigenvalue weighted by Gasteiger charge is 2.47. The number of halogens is 1. The molecule has 198 valence electrons. The standard InChI is InChI=1S/C28H32ClN7OS/c1-17(2)36-12-9-20(34-36)19-5-4-6-23(25(19)29)38-27-31-15-22-21(33-27)7-8-24(32-22)35-13-10-28(11-14-35)16-37-18(3)26(28)30/h4-9,12,15,17-18,26H,10-11,13-14,16,30H2,1-3H3/t18-,26+/m0/s1. The van der Waals surface area contributed by atoms with Gasteiger partial charge in [0.15, 0.2) is 5.16 Å². The molecule has 0 unspecified atom stereocenters. The van der Waals surface area contributed by atoms with Crippen LogP contribution in [0, 0.1) is 5.41 Å². The Morgan fingerprint density at radius 2 is 1.92 bits per heavy atom. The zero-order valence-electron chi connectivity index (χ0n) is 21.8. The highest BCUT2D eigenvalue weighted by Crippen LogP contribution is 2.42. The first-order valence-corrected chi connectivity index (χ1v) is 14.3. The second kappa shape index (κ2) is 10.1. The minimum absolute atomic E-state index is 0.0923. The normalized spacial score (nSPS) is 21.2. The molecule has 2 N–H and O–H groups in total. The molecule has 1 spiro atoms. The predicted molar refractivity (Wildman–Crippen MR) is 152 cm³/mol. The number of fused-ring (bicyclic) bond motifs is 1. The van der Waals surface area contributed by atoms with Crippen LogP contribution < -0.4 is 10.6 Å². The molecule has 3 aromatic heterocycles. The Kier molecular flexibility index (Phi) is 6.80. The van der Waals surface area contributed by atoms with E-state index in [4.69, 9.17) is 32.0 Å². The zero-order chi connectivity index (χ0) is 26.4. The van der Waals surface area contributed by atoms with Gasteiger partial charge >= 0.3 is 0 Å². The third kappa shape index (κ3) is 4.66. The summed E-state index contributed by atoms with van der Waals surface area (Å²) in [5.74, 6) is 0.952. The lowest BCUT2D eigenvalue weighted by Crippen LogP contribution is -2.50. The van der Waals surface area contributed by atoms with E-state index in [1.165, 1.54) is 11.8 Å². The van der Waals surface area contributed by atoms with Crippen LogP contribution in [0.15, 0.2) is 58.8 Å². The second-order valence-electron chi connectivity index (χ2n) is 10.6. The summed E-state index contributed by atoms with van der Waals surface area (Å²) in [6.45, 7) is 8.88. The van der Waals surface area contributed by atoms with Gasteiger partial charge in [-0.3, -0.25) is 4.68 Å². The number of aromatic nitrogens is 5. The van der Waals surface area contributed by atoms with E-state index in [9.17, 15) is 0 Å². The highest BCUT2D eigenvalue weighted by molar-refractivity contribution is 7.99. The molecule has 2 aliphatic rings. The van der Waals surface area contributed by atoms with E-state index < -0.39 is 0 Å². The molecule has 0 saturated carbocycles. The zero-order valence-corrected chi connectivity index (χ0v) is 23.4. The fourth-order valence-electron chi connectivity index (χ4n) is 5.43. The van der Waals surface area contributed by atoms with Crippen molar-refractivity contribution in [3.8, 4) is 11.3 Å². The van der Waals surface area contributed by atoms with Crippen LogP contribution in [-0.2, 0) is 4.74 Å². The molecule has 2 atom stereocenters. The monoisotopic (exact) mass is 549 g/mol. The van der Waals surface area contributed by atoms with E-state index in [0.29, 0.717) is 10.2 Å². The molecule has 8 nitrogen and oxygen atoms in total. The minimum atomic E-state index is 0.0923. The number of ether oxygens (including phenoxy) is 1. The van der Waals surface area contributed by atoms with Crippen molar-refractivity contribution in [3.05, 3.63) is 53.8 Å². The van der Waals surface area contributed by atoms with Crippen LogP contribution in [0.3, 0.4) is 0 Å². The van der Waals surface area contributed by atoms with Gasteiger partial charge in [0.25, 0.3) is 0 Å². The fraction of sp³-hybridized carbons (Fsp3) is 0.429. The Labute approximate surface area is 232 Å². The number of piperidine rings is 1. The maximum Gasteiger partial charge on any atom is 0.193 e. The summed E-state index contributed by atoms with van der Waals surface area (Å²) in [5.41, 5.74) is 9.91. The Morgan fingerprint density at radius 3 is 2.63 bits per heavy atom. The van der Waals surface area contributed by atoms with Crippen molar-refractivity contribution in [2.24, 2.45) is 11.1 Å². The largest absolute Gasteiger partial charge is 0.376 e. The molecule has 0 bridgehead atoms. The van der Waals surface area contributed by atoms with Crippen molar-refractivity contribution in [1.82, 2.24) is 24.7 Å². The first-order chi connectivity index (χ1) is 18.3. The molecule has 0 aliphatic carbocycles. The number of nitrogens with zero attached hydrogens (tertiary/aromatic N) is 6. The summed E-state index contributed by atoms with van der Waals surface area (Å²) in [6.07, 6.45) is 5.93. The third-order valence-electron chi connectivity index (χ3n) is 7.91. The molecule has 2 fully saturated rings. The van der Waals surface area contributed by atoms with E-state index in [0.717, 1.165) is 65.5 Å². The van der Waals surface area contributed by atoms with Crippen LogP contribution in [0.4, 0.5) is 5.82 Å². The highest BCUT2D eigenvalue weighted by atomic mass is 35.5. The molecule has 10 heteroatoms. The minimum Gasteiger partial charge on any atom is -0.376 e. The van der Waals surface area contributed by atoms with Crippen LogP contribution in [-0.4, -0.2) is 56.6 Å². The van der Waals surface area contributed by atoms with Crippen LogP contribution in [0.5, 0.6) is 0 Å². The van der Waals surface area contributed by atoms with Gasteiger partial charge in [0.1, 0.15) is 11.3 Å². The summed E-state index contributed by atoms with van der Waals surface area (Å²) < 4.78 is 7.80. The van der Waals surface area contributed by atoms with Gasteiger partial charge in [-0.1, -0.05) is 23.7 Å². The van der Waals surface area contributed by atoms with Gasteiger partial charge in [-0.2, -0.15) is 5.10 Å². The Hall–Kier alpha value is -2.72. The topological polar surface area (TPSA) is 95.0 Å². The van der Waals surface area contributed by atoms with Crippen LogP contribution in [0.2, 0.25) is 5.02 Å². The summed E-state index contributed by atoms with van der Waals surface area (Å²) in [5, 5.41) is 5.95. The molecular weight excluding hydrogens is 518 g/mol. The molecule has 6 rings (SSSR count). The maximum atomic E-state index is 6.81. The SMILES string of the molecule is CC(C)n1ccc(-c2cccc(Sc3ncc4nc(N5CCC6(CC5)CO[C@@H](C)[C@H]6N)ccc4n3)c2Cl)n1. The second-order valence-corrected chi connectivity index (χ2v) is 12.0. The lowest BCUT2D eigenvalue weighted by Gasteiger charge is -2.41. The molecular formula is C28H32ClN7OS. The number of hydrogen-bond acceptors (Lipinski definition) is 8. The first kappa shape index (κ1) is 25.6. The van der Waals surface area contributed by atoms with Crippen LogP contribution >= 0.6 is 23.4 Å². The van der Waals surface area contributed by atoms with E-state index in [1.807, 2.05) is 47.3 Å². The summed E-state index contributed by atoms with van der Waals surface area (Å²) in [6, 6.07) is 12.4. The van der Waals surface area contributed by atoms with E-state index in [2.05, 4.69) is 35.8 Å². The molecule has 0 amide bonds. The molecule has 0 radical (unpaired) electrons. The average Bonchev–Trinajstić information content (AvgIpc) is 3.52. The Balaban J connectivity index is 1.18. The summed E-state index contributed by atoms with van der Waals surface area (Å²) in [4.78, 5) is 17.4. The van der Waals surface area contributed by atoms with Crippen molar-refractivity contribution in [2.45, 2.75) is 61.9 Å². The third-order valence-corrected chi connectivity index (χ3v) is 9.37. The fourth-order valence-corrected chi connectivity index (χ4v) is 6.56. The number of benzene rings is 1. The molecule has 5 heterocycles. The van der Waals surface area contributed by atoms with Gasteiger partial charge in [-0.25, -0.2) is 15.0 Å². The number of rotatable bonds is 5. The van der Waals surface area contributed by atoms with Gasteiger partial charge in [-0.15, -0.1) is 0 Å². The Bertz CT molecular complexity index is 1470. The van der Waals surface area contributed by atoms with Gasteiger partial charge in [0.05, 0.1) is 35.1 Å². The Morgan fingerprint density at radius 1 is 1.11 bits per heavy atom. The summed E-state index contributed by atoms with van der Waals surface area (Å²) >= 11 is 8.25. The number of nitrogens with two attached hydrogens (primary N) is 1. The molecule has 2 aliphatic heterocycles. The predicted octanol–water partition coefficient (Wildman–Crippen LogP) is 5.61. The first-order valence-electron chi connectivity index (χ1n) is 13.1. The molecule has 1 aromatic carbocycles. The van der Waals surface area contributed by atoms with Crippen molar-refractivity contribution in [3.63, 3.8) is 0 Å². The van der Waals surface area contributed by atoms with Crippen molar-refractivity contribution in [2.75, 3.05) is 24.6 Å². The quantitative estimate of drug-likeness (QED) is 0.321. The van der Waals surface area contributed by atoms with Crippen molar-refractivity contribution >= 4 is 40.2 Å². The molecule has 38 heavy (non-hydrogen) atoms. The molecule has 4 aromatic rings. The lowest BCUT2D eigenvalue weighted by molar-refractivity contribution is 0.0974. The van der Waals surface area contributed by atoms with E-state index in [-0.39, 0.29) is 23.6 Å². The number of pyridine rings is 1. The van der Waals surface area contributed by atoms with E-state index in [1.54, 1.807) is 6.20 Å². The van der Waals surface area contributed by atoms with Gasteiger partial charge in [-0.05, 0) is 69.6 Å². The van der Waals surface area contributed by atoms with E-state index >= 15 is 0 Å². The van der Waals surface area contributed by atoms with Crippen LogP contribution in [0.25, 0.3) is 22.3 Å². The van der Waals surface area contributed by atoms with Gasteiger partial charge in [0, 0.05) is 47.2 Å². The maximum absolute atomic E-state index is 6.81. The van der Waals surface area contributed by atoms with Gasteiger partial charge in [0.2, 0.25) is 0 Å². The van der Waals surface area contributed by atoms with Gasteiger partial charge < -0.3 is 15.4 Å². The lowest BCUT2D eigenvalue weighted by atomic mass is 9.73. The average molecular weight is 550 g/mol. The molecule has 2 saturated heterocycles. The number of hydrogen-bond donors (Lipinski definition) is 1. The van der Waals surface area contributed by atoms with Crippen molar-refractivity contribution < 1.29 is 4.74 Å². The smallest absolute Gasteiger partial charge is 0.193 e.